The summed E-state index contributed by atoms with van der Waals surface area (Å²) in [7, 11) is 1.45. The van der Waals surface area contributed by atoms with E-state index >= 15 is 0 Å². The van der Waals surface area contributed by atoms with Gasteiger partial charge in [-0.25, -0.2) is 4.98 Å². The number of alkyl halides is 3. The average Bonchev–Trinajstić information content (AvgIpc) is 2.77. The molecule has 2 heterocycles. The van der Waals surface area contributed by atoms with Crippen molar-refractivity contribution in [2.24, 2.45) is 0 Å². The maximum Gasteiger partial charge on any atom is 0.416 e. The molecule has 2 aromatic rings. The van der Waals surface area contributed by atoms with Gasteiger partial charge in [-0.1, -0.05) is 11.2 Å². The van der Waals surface area contributed by atoms with Crippen LogP contribution < -0.4 is 21.3 Å². The van der Waals surface area contributed by atoms with Gasteiger partial charge < -0.3 is 25.8 Å². The molecule has 0 bridgehead atoms. The first-order chi connectivity index (χ1) is 15.5. The maximum absolute atomic E-state index is 13.2. The van der Waals surface area contributed by atoms with Gasteiger partial charge in [-0.15, -0.1) is 0 Å². The molecule has 33 heavy (non-hydrogen) atoms. The summed E-state index contributed by atoms with van der Waals surface area (Å²) in [6.07, 6.45) is -3.19. The van der Waals surface area contributed by atoms with E-state index in [-0.39, 0.29) is 28.2 Å². The number of halogens is 3. The quantitative estimate of drug-likeness (QED) is 0.224. The number of hydrogen-bond donors (Lipinski definition) is 4. The monoisotopic (exact) mass is 482 g/mol. The molecule has 178 valence electrons. The standard InChI is InChI=1S/C21H25F3N6O2S/c1-12(13-7-14(21(22,23)24)9-15(25)8-13)29-19(26)16-10-18(28-11-17(16)20(31)27-2)30-3-5-33(32)6-4-30/h7-12H,3-6,25H2,1-2H3,(H2,26,29)(H,27,31)/t12-/m1/s1. The molecule has 1 amide bonds. The lowest BCUT2D eigenvalue weighted by atomic mass is 10.0. The summed E-state index contributed by atoms with van der Waals surface area (Å²) in [5.74, 6) is 0.917. The molecular weight excluding hydrogens is 457 g/mol. The number of nitrogen functional groups attached to an aromatic ring is 1. The van der Waals surface area contributed by atoms with Gasteiger partial charge >= 0.3 is 6.18 Å². The van der Waals surface area contributed by atoms with E-state index in [2.05, 4.69) is 15.6 Å². The van der Waals surface area contributed by atoms with Crippen LogP contribution in [0.1, 0.15) is 40.0 Å². The predicted molar refractivity (Wildman–Crippen MR) is 122 cm³/mol. The highest BCUT2D eigenvalue weighted by molar-refractivity contribution is 7.91. The number of pyridine rings is 1. The maximum atomic E-state index is 13.2. The van der Waals surface area contributed by atoms with Gasteiger partial charge in [-0.3, -0.25) is 10.2 Å². The first kappa shape index (κ1) is 24.6. The summed E-state index contributed by atoms with van der Waals surface area (Å²) in [4.78, 5) is 18.6. The molecule has 0 spiro atoms. The Labute approximate surface area is 192 Å². The van der Waals surface area contributed by atoms with Gasteiger partial charge in [0.2, 0.25) is 0 Å². The van der Waals surface area contributed by atoms with E-state index in [4.69, 9.17) is 11.1 Å². The van der Waals surface area contributed by atoms with Crippen molar-refractivity contribution < 1.29 is 22.5 Å². The zero-order valence-electron chi connectivity index (χ0n) is 18.1. The second kappa shape index (κ2) is 9.87. The fourth-order valence-electron chi connectivity index (χ4n) is 3.47. The van der Waals surface area contributed by atoms with Crippen LogP contribution in [0.15, 0.2) is 30.5 Å². The minimum Gasteiger partial charge on any atom is -0.616 e. The number of amidine groups is 1. The van der Waals surface area contributed by atoms with Crippen molar-refractivity contribution in [2.75, 3.05) is 42.3 Å². The number of nitrogens with zero attached hydrogens (tertiary/aromatic N) is 2. The average molecular weight is 483 g/mol. The smallest absolute Gasteiger partial charge is 0.416 e. The van der Waals surface area contributed by atoms with Crippen LogP contribution in [-0.2, 0) is 17.4 Å². The Morgan fingerprint density at radius 1 is 1.24 bits per heavy atom. The molecule has 0 saturated carbocycles. The number of benzene rings is 1. The lowest BCUT2D eigenvalue weighted by Crippen LogP contribution is -2.41. The molecule has 3 rings (SSSR count). The number of hydrogen-bond acceptors (Lipinski definition) is 6. The summed E-state index contributed by atoms with van der Waals surface area (Å²) in [6.45, 7) is 2.66. The molecule has 1 aliphatic rings. The molecule has 12 heteroatoms. The number of nitrogens with two attached hydrogens (primary N) is 1. The van der Waals surface area contributed by atoms with Crippen molar-refractivity contribution in [1.29, 1.82) is 5.41 Å². The van der Waals surface area contributed by atoms with Gasteiger partial charge in [0.1, 0.15) is 23.2 Å². The summed E-state index contributed by atoms with van der Waals surface area (Å²) >= 11 is -0.880. The normalized spacial score (nSPS) is 15.8. The molecule has 8 nitrogen and oxygen atoms in total. The van der Waals surface area contributed by atoms with Gasteiger partial charge in [0, 0.05) is 24.5 Å². The van der Waals surface area contributed by atoms with Crippen LogP contribution in [0.25, 0.3) is 0 Å². The van der Waals surface area contributed by atoms with Crippen LogP contribution >= 0.6 is 0 Å². The Balaban J connectivity index is 1.89. The molecular formula is C21H25F3N6O2S. The SMILES string of the molecule is CNC(=O)c1cnc(N2CC[S+]([O-])CC2)cc1C(=N)N[C@H](C)c1cc(N)cc(C(F)(F)F)c1. The van der Waals surface area contributed by atoms with E-state index in [1.165, 1.54) is 19.3 Å². The molecule has 0 radical (unpaired) electrons. The zero-order chi connectivity index (χ0) is 24.3. The summed E-state index contributed by atoms with van der Waals surface area (Å²) < 4.78 is 51.2. The molecule has 1 aromatic carbocycles. The number of rotatable bonds is 5. The number of aromatic nitrogens is 1. The van der Waals surface area contributed by atoms with E-state index in [1.54, 1.807) is 13.0 Å². The number of amides is 1. The van der Waals surface area contributed by atoms with Crippen molar-refractivity contribution in [3.63, 3.8) is 0 Å². The minimum absolute atomic E-state index is 0.0419. The molecule has 1 fully saturated rings. The highest BCUT2D eigenvalue weighted by Crippen LogP contribution is 2.32. The first-order valence-electron chi connectivity index (χ1n) is 10.1. The van der Waals surface area contributed by atoms with Crippen molar-refractivity contribution in [3.8, 4) is 0 Å². The van der Waals surface area contributed by atoms with Crippen molar-refractivity contribution in [1.82, 2.24) is 15.6 Å². The summed E-state index contributed by atoms with van der Waals surface area (Å²) in [5.41, 5.74) is 5.39. The summed E-state index contributed by atoms with van der Waals surface area (Å²) in [6, 6.07) is 4.12. The fraction of sp³-hybridized carbons (Fsp3) is 0.381. The number of carbonyl (C=O) groups is 1. The number of anilines is 2. The lowest BCUT2D eigenvalue weighted by molar-refractivity contribution is -0.137. The van der Waals surface area contributed by atoms with E-state index in [0.29, 0.717) is 30.4 Å². The molecule has 1 saturated heterocycles. The highest BCUT2D eigenvalue weighted by Gasteiger charge is 2.31. The first-order valence-corrected chi connectivity index (χ1v) is 11.6. The van der Waals surface area contributed by atoms with E-state index < -0.39 is 34.9 Å². The van der Waals surface area contributed by atoms with Crippen LogP contribution in [-0.4, -0.2) is 52.9 Å². The molecule has 1 aromatic heterocycles. The Morgan fingerprint density at radius 3 is 2.52 bits per heavy atom. The molecule has 0 aliphatic carbocycles. The van der Waals surface area contributed by atoms with Gasteiger partial charge in [-0.2, -0.15) is 13.2 Å². The molecule has 0 unspecified atom stereocenters. The Morgan fingerprint density at radius 2 is 1.91 bits per heavy atom. The van der Waals surface area contributed by atoms with E-state index in [9.17, 15) is 22.5 Å². The third-order valence-corrected chi connectivity index (χ3v) is 6.57. The second-order valence-corrected chi connectivity index (χ2v) is 9.33. The van der Waals surface area contributed by atoms with Crippen LogP contribution in [0.4, 0.5) is 24.7 Å². The van der Waals surface area contributed by atoms with Gasteiger partial charge in [0.15, 0.2) is 0 Å². The number of nitrogens with one attached hydrogen (secondary N) is 3. The second-order valence-electron chi connectivity index (χ2n) is 7.63. The van der Waals surface area contributed by atoms with Crippen LogP contribution in [0.3, 0.4) is 0 Å². The van der Waals surface area contributed by atoms with E-state index in [1.807, 2.05) is 4.90 Å². The van der Waals surface area contributed by atoms with Crippen molar-refractivity contribution >= 4 is 34.4 Å². The lowest BCUT2D eigenvalue weighted by Gasteiger charge is -2.29. The Hall–Kier alpha value is -2.99. The van der Waals surface area contributed by atoms with Crippen LogP contribution in [0.2, 0.25) is 0 Å². The van der Waals surface area contributed by atoms with Gasteiger partial charge in [0.05, 0.1) is 30.3 Å². The third kappa shape index (κ3) is 5.88. The van der Waals surface area contributed by atoms with Gasteiger partial charge in [-0.05, 0) is 36.8 Å². The number of carbonyl (C=O) groups excluding carboxylic acids is 1. The zero-order valence-corrected chi connectivity index (χ0v) is 18.9. The molecule has 1 atom stereocenters. The fourth-order valence-corrected chi connectivity index (χ4v) is 4.53. The van der Waals surface area contributed by atoms with Crippen molar-refractivity contribution in [3.05, 3.63) is 52.7 Å². The van der Waals surface area contributed by atoms with Crippen molar-refractivity contribution in [2.45, 2.75) is 19.1 Å². The molecule has 1 aliphatic heterocycles. The molecule has 5 N–H and O–H groups in total. The largest absolute Gasteiger partial charge is 0.616 e. The van der Waals surface area contributed by atoms with Gasteiger partial charge in [0.25, 0.3) is 5.91 Å². The predicted octanol–water partition coefficient (Wildman–Crippen LogP) is 2.29. The van der Waals surface area contributed by atoms with Crippen LogP contribution in [0.5, 0.6) is 0 Å². The highest BCUT2D eigenvalue weighted by atomic mass is 32.2. The van der Waals surface area contributed by atoms with E-state index in [0.717, 1.165) is 12.1 Å². The Kier molecular flexibility index (Phi) is 7.38. The minimum atomic E-state index is -4.55. The topological polar surface area (TPSA) is 130 Å². The van der Waals surface area contributed by atoms with Crippen LogP contribution in [0, 0.1) is 5.41 Å². The third-order valence-electron chi connectivity index (χ3n) is 5.30. The summed E-state index contributed by atoms with van der Waals surface area (Å²) in [5, 5.41) is 13.9. The Bertz CT molecular complexity index is 1040.